The standard InChI is InChI=1S/C15H13ClN2O2/c1-10(18-20)11-6-3-5-9-14(11)17-15(19)12-7-2-4-8-13(12)16/h2-9,20H,1H3,(H,17,19)/b18-10+. The van der Waals surface area contributed by atoms with E-state index in [1.54, 1.807) is 55.5 Å². The molecule has 0 aromatic heterocycles. The highest BCUT2D eigenvalue weighted by molar-refractivity contribution is 6.34. The lowest BCUT2D eigenvalue weighted by atomic mass is 10.1. The van der Waals surface area contributed by atoms with Crippen molar-refractivity contribution in [3.8, 4) is 0 Å². The number of para-hydroxylation sites is 1. The maximum absolute atomic E-state index is 12.2. The molecule has 0 saturated carbocycles. The summed E-state index contributed by atoms with van der Waals surface area (Å²) in [6, 6.07) is 13.9. The quantitative estimate of drug-likeness (QED) is 0.513. The molecule has 20 heavy (non-hydrogen) atoms. The summed E-state index contributed by atoms with van der Waals surface area (Å²) in [5.74, 6) is -0.311. The molecule has 0 saturated heterocycles. The van der Waals surface area contributed by atoms with Crippen LogP contribution in [-0.4, -0.2) is 16.8 Å². The molecule has 0 radical (unpaired) electrons. The molecule has 0 bridgehead atoms. The summed E-state index contributed by atoms with van der Waals surface area (Å²) in [5, 5.41) is 15.2. The van der Waals surface area contributed by atoms with Crippen LogP contribution in [0.2, 0.25) is 5.02 Å². The Morgan fingerprint density at radius 2 is 1.70 bits per heavy atom. The van der Waals surface area contributed by atoms with E-state index in [0.29, 0.717) is 27.5 Å². The topological polar surface area (TPSA) is 61.7 Å². The molecule has 102 valence electrons. The zero-order valence-corrected chi connectivity index (χ0v) is 11.6. The van der Waals surface area contributed by atoms with Crippen molar-refractivity contribution in [1.82, 2.24) is 0 Å². The van der Waals surface area contributed by atoms with Crippen molar-refractivity contribution in [2.24, 2.45) is 5.16 Å². The van der Waals surface area contributed by atoms with Crippen LogP contribution in [0.25, 0.3) is 0 Å². The molecule has 0 spiro atoms. The number of carbonyl (C=O) groups excluding carboxylic acids is 1. The second kappa shape index (κ2) is 6.21. The second-order valence-corrected chi connectivity index (χ2v) is 4.57. The van der Waals surface area contributed by atoms with E-state index >= 15 is 0 Å². The number of nitrogens with zero attached hydrogens (tertiary/aromatic N) is 1. The number of rotatable bonds is 3. The van der Waals surface area contributed by atoms with Gasteiger partial charge in [-0.3, -0.25) is 4.79 Å². The minimum atomic E-state index is -0.311. The molecule has 0 aliphatic carbocycles. The summed E-state index contributed by atoms with van der Waals surface area (Å²) in [7, 11) is 0. The van der Waals surface area contributed by atoms with Crippen LogP contribution in [0.15, 0.2) is 53.7 Å². The Kier molecular flexibility index (Phi) is 4.38. The van der Waals surface area contributed by atoms with Gasteiger partial charge in [0.1, 0.15) is 0 Å². The summed E-state index contributed by atoms with van der Waals surface area (Å²) >= 11 is 5.99. The van der Waals surface area contributed by atoms with Crippen molar-refractivity contribution < 1.29 is 10.0 Å². The molecule has 0 unspecified atom stereocenters. The summed E-state index contributed by atoms with van der Waals surface area (Å²) in [6.45, 7) is 1.65. The lowest BCUT2D eigenvalue weighted by Gasteiger charge is -2.10. The average Bonchev–Trinajstić information content (AvgIpc) is 2.47. The Morgan fingerprint density at radius 3 is 2.35 bits per heavy atom. The fourth-order valence-corrected chi connectivity index (χ4v) is 2.02. The molecule has 0 heterocycles. The Hall–Kier alpha value is -2.33. The largest absolute Gasteiger partial charge is 0.411 e. The van der Waals surface area contributed by atoms with E-state index in [0.717, 1.165) is 0 Å². The van der Waals surface area contributed by atoms with Crippen molar-refractivity contribution in [3.63, 3.8) is 0 Å². The van der Waals surface area contributed by atoms with Crippen LogP contribution in [0.4, 0.5) is 5.69 Å². The monoisotopic (exact) mass is 288 g/mol. The van der Waals surface area contributed by atoms with Crippen molar-refractivity contribution >= 4 is 28.9 Å². The zero-order chi connectivity index (χ0) is 14.5. The number of hydrogen-bond donors (Lipinski definition) is 2. The first kappa shape index (κ1) is 14.1. The van der Waals surface area contributed by atoms with Gasteiger partial charge in [-0.05, 0) is 25.1 Å². The highest BCUT2D eigenvalue weighted by Crippen LogP contribution is 2.20. The maximum Gasteiger partial charge on any atom is 0.257 e. The number of halogens is 1. The van der Waals surface area contributed by atoms with Gasteiger partial charge in [0.05, 0.1) is 22.0 Å². The Bertz CT molecular complexity index is 668. The maximum atomic E-state index is 12.2. The molecule has 0 fully saturated rings. The SMILES string of the molecule is C/C(=N\O)c1ccccc1NC(=O)c1ccccc1Cl. The second-order valence-electron chi connectivity index (χ2n) is 4.16. The van der Waals surface area contributed by atoms with E-state index in [-0.39, 0.29) is 5.91 Å². The van der Waals surface area contributed by atoms with Crippen LogP contribution in [0.5, 0.6) is 0 Å². The van der Waals surface area contributed by atoms with Crippen LogP contribution in [0.1, 0.15) is 22.8 Å². The van der Waals surface area contributed by atoms with Crippen LogP contribution < -0.4 is 5.32 Å². The number of anilines is 1. The third-order valence-corrected chi connectivity index (χ3v) is 3.16. The number of hydrogen-bond acceptors (Lipinski definition) is 3. The fraction of sp³-hybridized carbons (Fsp3) is 0.0667. The molecule has 1 amide bonds. The van der Waals surface area contributed by atoms with Gasteiger partial charge >= 0.3 is 0 Å². The predicted molar refractivity (Wildman–Crippen MR) is 79.8 cm³/mol. The summed E-state index contributed by atoms with van der Waals surface area (Å²) < 4.78 is 0. The van der Waals surface area contributed by atoms with Gasteiger partial charge in [-0.2, -0.15) is 0 Å². The molecule has 4 nitrogen and oxygen atoms in total. The number of benzene rings is 2. The molecule has 0 aliphatic rings. The van der Waals surface area contributed by atoms with Gasteiger partial charge in [-0.15, -0.1) is 0 Å². The van der Waals surface area contributed by atoms with Crippen LogP contribution >= 0.6 is 11.6 Å². The van der Waals surface area contributed by atoms with Crippen molar-refractivity contribution in [1.29, 1.82) is 0 Å². The normalized spacial score (nSPS) is 11.2. The number of oxime groups is 1. The minimum absolute atomic E-state index is 0.311. The number of carbonyl (C=O) groups is 1. The smallest absolute Gasteiger partial charge is 0.257 e. The lowest BCUT2D eigenvalue weighted by molar-refractivity contribution is 0.102. The molecule has 2 rings (SSSR count). The van der Waals surface area contributed by atoms with Gasteiger partial charge in [0, 0.05) is 5.56 Å². The molecule has 2 aromatic rings. The first-order chi connectivity index (χ1) is 9.63. The van der Waals surface area contributed by atoms with Crippen LogP contribution in [0, 0.1) is 0 Å². The third-order valence-electron chi connectivity index (χ3n) is 2.83. The molecule has 0 atom stereocenters. The summed E-state index contributed by atoms with van der Waals surface area (Å²) in [6.07, 6.45) is 0. The average molecular weight is 289 g/mol. The van der Waals surface area contributed by atoms with E-state index in [1.807, 2.05) is 0 Å². The first-order valence-electron chi connectivity index (χ1n) is 5.97. The minimum Gasteiger partial charge on any atom is -0.411 e. The highest BCUT2D eigenvalue weighted by Gasteiger charge is 2.12. The van der Waals surface area contributed by atoms with Crippen molar-refractivity contribution in [3.05, 3.63) is 64.7 Å². The number of nitrogens with one attached hydrogen (secondary N) is 1. The Morgan fingerprint density at radius 1 is 1.10 bits per heavy atom. The van der Waals surface area contributed by atoms with Gasteiger partial charge in [0.25, 0.3) is 5.91 Å². The van der Waals surface area contributed by atoms with Crippen LogP contribution in [-0.2, 0) is 0 Å². The Labute approximate surface area is 121 Å². The van der Waals surface area contributed by atoms with Gasteiger partial charge in [-0.25, -0.2) is 0 Å². The first-order valence-corrected chi connectivity index (χ1v) is 6.35. The van der Waals surface area contributed by atoms with E-state index < -0.39 is 0 Å². The summed E-state index contributed by atoms with van der Waals surface area (Å²) in [5.41, 5.74) is 2.02. The van der Waals surface area contributed by atoms with Gasteiger partial charge in [0.2, 0.25) is 0 Å². The van der Waals surface area contributed by atoms with E-state index in [1.165, 1.54) is 0 Å². The summed E-state index contributed by atoms with van der Waals surface area (Å²) in [4.78, 5) is 12.2. The Balaban J connectivity index is 2.32. The van der Waals surface area contributed by atoms with E-state index in [2.05, 4.69) is 10.5 Å². The van der Waals surface area contributed by atoms with Crippen LogP contribution in [0.3, 0.4) is 0 Å². The molecule has 2 aromatic carbocycles. The number of amides is 1. The lowest BCUT2D eigenvalue weighted by Crippen LogP contribution is -2.14. The van der Waals surface area contributed by atoms with Gasteiger partial charge in [0.15, 0.2) is 0 Å². The molecule has 5 heteroatoms. The fourth-order valence-electron chi connectivity index (χ4n) is 1.80. The predicted octanol–water partition coefficient (Wildman–Crippen LogP) is 3.79. The van der Waals surface area contributed by atoms with Crippen molar-refractivity contribution in [2.75, 3.05) is 5.32 Å². The van der Waals surface area contributed by atoms with Crippen molar-refractivity contribution in [2.45, 2.75) is 6.92 Å². The molecule has 2 N–H and O–H groups in total. The van der Waals surface area contributed by atoms with E-state index in [4.69, 9.17) is 16.8 Å². The highest BCUT2D eigenvalue weighted by atomic mass is 35.5. The third kappa shape index (κ3) is 2.97. The molecular formula is C15H13ClN2O2. The van der Waals surface area contributed by atoms with E-state index in [9.17, 15) is 4.79 Å². The van der Waals surface area contributed by atoms with Gasteiger partial charge < -0.3 is 10.5 Å². The molecular weight excluding hydrogens is 276 g/mol. The zero-order valence-electron chi connectivity index (χ0n) is 10.8. The molecule has 0 aliphatic heterocycles. The van der Waals surface area contributed by atoms with Gasteiger partial charge in [-0.1, -0.05) is 47.1 Å².